The second-order valence-corrected chi connectivity index (χ2v) is 5.42. The number of benzene rings is 2. The van der Waals surface area contributed by atoms with Gasteiger partial charge in [0, 0.05) is 12.7 Å². The van der Waals surface area contributed by atoms with E-state index in [1.807, 2.05) is 0 Å². The molecule has 0 N–H and O–H groups in total. The van der Waals surface area contributed by atoms with E-state index < -0.39 is 23.4 Å². The minimum absolute atomic E-state index is 0.0840. The Morgan fingerprint density at radius 1 is 1.16 bits per heavy atom. The number of carbonyl (C=O) groups is 1. The summed E-state index contributed by atoms with van der Waals surface area (Å²) in [4.78, 5) is 25.4. The number of likely N-dealkylation sites (N-methyl/N-ethyl adjacent to an activating group) is 1. The number of rotatable bonds is 3. The van der Waals surface area contributed by atoms with Gasteiger partial charge in [0.15, 0.2) is 5.58 Å². The van der Waals surface area contributed by atoms with E-state index in [-0.39, 0.29) is 12.2 Å². The summed E-state index contributed by atoms with van der Waals surface area (Å²) in [6, 6.07) is 11.0. The van der Waals surface area contributed by atoms with Gasteiger partial charge in [-0.3, -0.25) is 9.36 Å². The van der Waals surface area contributed by atoms with Gasteiger partial charge in [-0.15, -0.1) is 0 Å². The van der Waals surface area contributed by atoms with Crippen molar-refractivity contribution in [1.82, 2.24) is 4.57 Å². The van der Waals surface area contributed by atoms with Gasteiger partial charge in [-0.2, -0.15) is 13.2 Å². The first-order chi connectivity index (χ1) is 11.8. The van der Waals surface area contributed by atoms with Crippen molar-refractivity contribution in [2.24, 2.45) is 0 Å². The van der Waals surface area contributed by atoms with E-state index in [2.05, 4.69) is 0 Å². The van der Waals surface area contributed by atoms with Crippen LogP contribution in [-0.2, 0) is 17.5 Å². The van der Waals surface area contributed by atoms with E-state index in [0.717, 1.165) is 21.6 Å². The van der Waals surface area contributed by atoms with Gasteiger partial charge in [-0.1, -0.05) is 18.2 Å². The van der Waals surface area contributed by atoms with Crippen LogP contribution in [0.1, 0.15) is 5.56 Å². The molecule has 0 radical (unpaired) electrons. The third-order valence-electron chi connectivity index (χ3n) is 3.80. The van der Waals surface area contributed by atoms with Gasteiger partial charge in [0.2, 0.25) is 5.91 Å². The van der Waals surface area contributed by atoms with Crippen LogP contribution in [0.4, 0.5) is 18.9 Å². The van der Waals surface area contributed by atoms with E-state index in [4.69, 9.17) is 4.42 Å². The molecule has 0 saturated heterocycles. The van der Waals surface area contributed by atoms with Crippen molar-refractivity contribution in [3.63, 3.8) is 0 Å². The van der Waals surface area contributed by atoms with Gasteiger partial charge in [0.05, 0.1) is 11.1 Å². The molecule has 0 aliphatic heterocycles. The number of carbonyl (C=O) groups excluding carboxylic acids is 1. The van der Waals surface area contributed by atoms with Crippen LogP contribution in [0.3, 0.4) is 0 Å². The smallest absolute Gasteiger partial charge is 0.408 e. The zero-order valence-electron chi connectivity index (χ0n) is 13.1. The Morgan fingerprint density at radius 3 is 2.60 bits per heavy atom. The molecule has 0 fully saturated rings. The van der Waals surface area contributed by atoms with Gasteiger partial charge >= 0.3 is 11.9 Å². The van der Waals surface area contributed by atoms with E-state index in [1.165, 1.54) is 19.2 Å². The molecular weight excluding hydrogens is 337 g/mol. The van der Waals surface area contributed by atoms with Crippen LogP contribution in [-0.4, -0.2) is 17.5 Å². The SMILES string of the molecule is CN(C(=O)Cn1c(=O)oc2ccccc21)c1cccc(C(F)(F)F)c1. The molecule has 0 aliphatic rings. The molecule has 3 aromatic rings. The molecule has 1 amide bonds. The van der Waals surface area contributed by atoms with Crippen molar-refractivity contribution in [2.75, 3.05) is 11.9 Å². The molecule has 1 aromatic heterocycles. The van der Waals surface area contributed by atoms with E-state index >= 15 is 0 Å². The van der Waals surface area contributed by atoms with Gasteiger partial charge < -0.3 is 9.32 Å². The average molecular weight is 350 g/mol. The molecule has 5 nitrogen and oxygen atoms in total. The summed E-state index contributed by atoms with van der Waals surface area (Å²) in [5.41, 5.74) is 0.0107. The van der Waals surface area contributed by atoms with E-state index in [1.54, 1.807) is 24.3 Å². The third kappa shape index (κ3) is 3.28. The lowest BCUT2D eigenvalue weighted by Crippen LogP contribution is -2.32. The fraction of sp³-hybridized carbons (Fsp3) is 0.176. The van der Waals surface area contributed by atoms with Crippen LogP contribution in [0, 0.1) is 0 Å². The number of hydrogen-bond donors (Lipinski definition) is 0. The standard InChI is InChI=1S/C17H13F3N2O3/c1-21(12-6-4-5-11(9-12)17(18,19)20)15(23)10-22-13-7-2-3-8-14(13)25-16(22)24/h2-9H,10H2,1H3. The largest absolute Gasteiger partial charge is 0.420 e. The second-order valence-electron chi connectivity index (χ2n) is 5.42. The molecule has 0 atom stereocenters. The summed E-state index contributed by atoms with van der Waals surface area (Å²) in [7, 11) is 1.35. The highest BCUT2D eigenvalue weighted by Crippen LogP contribution is 2.31. The van der Waals surface area contributed by atoms with E-state index in [9.17, 15) is 22.8 Å². The molecule has 0 spiro atoms. The first-order valence-corrected chi connectivity index (χ1v) is 7.29. The number of amides is 1. The van der Waals surface area contributed by atoms with Gasteiger partial charge in [-0.25, -0.2) is 4.79 Å². The zero-order chi connectivity index (χ0) is 18.2. The number of anilines is 1. The molecule has 25 heavy (non-hydrogen) atoms. The number of alkyl halides is 3. The number of hydrogen-bond acceptors (Lipinski definition) is 3. The Hall–Kier alpha value is -3.03. The van der Waals surface area contributed by atoms with Crippen LogP contribution < -0.4 is 10.7 Å². The van der Waals surface area contributed by atoms with Crippen LogP contribution in [0.2, 0.25) is 0 Å². The Kier molecular flexibility index (Phi) is 4.12. The highest BCUT2D eigenvalue weighted by atomic mass is 19.4. The Bertz CT molecular complexity index is 988. The molecule has 1 heterocycles. The Morgan fingerprint density at radius 2 is 1.88 bits per heavy atom. The third-order valence-corrected chi connectivity index (χ3v) is 3.80. The van der Waals surface area contributed by atoms with Crippen LogP contribution in [0.5, 0.6) is 0 Å². The number of oxazole rings is 1. The topological polar surface area (TPSA) is 55.5 Å². The monoisotopic (exact) mass is 350 g/mol. The Balaban J connectivity index is 1.88. The lowest BCUT2D eigenvalue weighted by Gasteiger charge is -2.19. The predicted molar refractivity (Wildman–Crippen MR) is 85.3 cm³/mol. The quantitative estimate of drug-likeness (QED) is 0.728. The summed E-state index contributed by atoms with van der Waals surface area (Å²) >= 11 is 0. The first-order valence-electron chi connectivity index (χ1n) is 7.29. The molecular formula is C17H13F3N2O3. The maximum atomic E-state index is 12.8. The van der Waals surface area contributed by atoms with Crippen molar-refractivity contribution in [3.05, 3.63) is 64.6 Å². The number of aromatic nitrogens is 1. The van der Waals surface area contributed by atoms with Crippen molar-refractivity contribution in [1.29, 1.82) is 0 Å². The van der Waals surface area contributed by atoms with Crippen molar-refractivity contribution < 1.29 is 22.4 Å². The van der Waals surface area contributed by atoms with Gasteiger partial charge in [0.25, 0.3) is 0 Å². The lowest BCUT2D eigenvalue weighted by molar-refractivity contribution is -0.137. The summed E-state index contributed by atoms with van der Waals surface area (Å²) in [6.07, 6.45) is -4.50. The van der Waals surface area contributed by atoms with Crippen LogP contribution in [0.15, 0.2) is 57.7 Å². The maximum absolute atomic E-state index is 12.8. The summed E-state index contributed by atoms with van der Waals surface area (Å²) in [5, 5.41) is 0. The molecule has 8 heteroatoms. The fourth-order valence-electron chi connectivity index (χ4n) is 2.44. The number of para-hydroxylation sites is 2. The molecule has 0 unspecified atom stereocenters. The molecule has 0 saturated carbocycles. The van der Waals surface area contributed by atoms with Crippen LogP contribution in [0.25, 0.3) is 11.1 Å². The number of nitrogens with zero attached hydrogens (tertiary/aromatic N) is 2. The first kappa shape index (κ1) is 16.8. The normalized spacial score (nSPS) is 11.7. The van der Waals surface area contributed by atoms with Crippen LogP contribution >= 0.6 is 0 Å². The molecule has 0 bridgehead atoms. The lowest BCUT2D eigenvalue weighted by atomic mass is 10.2. The van der Waals surface area contributed by atoms with Gasteiger partial charge in [-0.05, 0) is 30.3 Å². The van der Waals surface area contributed by atoms with Crippen molar-refractivity contribution >= 4 is 22.7 Å². The molecule has 2 aromatic carbocycles. The summed E-state index contributed by atoms with van der Waals surface area (Å²) in [6.45, 7) is -0.345. The summed E-state index contributed by atoms with van der Waals surface area (Å²) < 4.78 is 44.6. The predicted octanol–water partition coefficient (Wildman–Crippen LogP) is 3.28. The number of fused-ring (bicyclic) bond motifs is 1. The van der Waals surface area contributed by atoms with E-state index in [0.29, 0.717) is 11.1 Å². The fourth-order valence-corrected chi connectivity index (χ4v) is 2.44. The highest BCUT2D eigenvalue weighted by Gasteiger charge is 2.31. The molecule has 3 rings (SSSR count). The molecule has 0 aliphatic carbocycles. The maximum Gasteiger partial charge on any atom is 0.420 e. The minimum Gasteiger partial charge on any atom is -0.408 e. The zero-order valence-corrected chi connectivity index (χ0v) is 13.1. The average Bonchev–Trinajstić information content (AvgIpc) is 2.89. The van der Waals surface area contributed by atoms with Crippen molar-refractivity contribution in [2.45, 2.75) is 12.7 Å². The Labute approximate surface area is 139 Å². The van der Waals surface area contributed by atoms with Gasteiger partial charge in [0.1, 0.15) is 6.54 Å². The second kappa shape index (κ2) is 6.12. The minimum atomic E-state index is -4.50. The molecule has 130 valence electrons. The van der Waals surface area contributed by atoms with Crippen molar-refractivity contribution in [3.8, 4) is 0 Å². The highest BCUT2D eigenvalue weighted by molar-refractivity contribution is 5.93. The number of halogens is 3. The summed E-state index contributed by atoms with van der Waals surface area (Å²) in [5.74, 6) is -1.25.